The second-order valence-electron chi connectivity index (χ2n) is 5.98. The number of nitrogens with one attached hydrogen (secondary N) is 1. The molecule has 25 heavy (non-hydrogen) atoms. The van der Waals surface area contributed by atoms with Crippen molar-refractivity contribution >= 4 is 23.5 Å². The Bertz CT molecular complexity index is 759. The summed E-state index contributed by atoms with van der Waals surface area (Å²) in [6.45, 7) is 2.32. The molecule has 3 rings (SSSR count). The summed E-state index contributed by atoms with van der Waals surface area (Å²) in [4.78, 5) is 14.3. The van der Waals surface area contributed by atoms with Crippen molar-refractivity contribution in [1.29, 1.82) is 0 Å². The lowest BCUT2D eigenvalue weighted by atomic mass is 10.1. The van der Waals surface area contributed by atoms with Crippen molar-refractivity contribution in [2.75, 3.05) is 6.61 Å². The van der Waals surface area contributed by atoms with Crippen LogP contribution in [0.4, 0.5) is 0 Å². The third-order valence-electron chi connectivity index (χ3n) is 4.13. The minimum Gasteiger partial charge on any atom is -0.504 e. The molecule has 2 aromatic rings. The van der Waals surface area contributed by atoms with E-state index in [4.69, 9.17) is 4.74 Å². The van der Waals surface area contributed by atoms with Crippen LogP contribution in [0.15, 0.2) is 29.4 Å². The van der Waals surface area contributed by atoms with E-state index in [0.29, 0.717) is 17.2 Å². The van der Waals surface area contributed by atoms with Gasteiger partial charge in [0, 0.05) is 4.88 Å². The van der Waals surface area contributed by atoms with Crippen molar-refractivity contribution in [2.45, 2.75) is 39.0 Å². The van der Waals surface area contributed by atoms with Crippen LogP contribution in [0.25, 0.3) is 0 Å². The number of nitrogens with zero attached hydrogens (tertiary/aromatic N) is 1. The van der Waals surface area contributed by atoms with Gasteiger partial charge >= 0.3 is 0 Å². The van der Waals surface area contributed by atoms with Crippen LogP contribution >= 0.6 is 11.3 Å². The molecule has 1 aromatic carbocycles. The number of aryl methyl sites for hydroxylation is 2. The zero-order valence-corrected chi connectivity index (χ0v) is 15.1. The van der Waals surface area contributed by atoms with Crippen molar-refractivity contribution in [3.63, 3.8) is 0 Å². The molecule has 2 N–H and O–H groups in total. The first-order chi connectivity index (χ1) is 12.2. The number of phenols is 1. The molecule has 0 unspecified atom stereocenters. The number of carbonyl (C=O) groups is 1. The molecule has 0 saturated carbocycles. The average molecular weight is 358 g/mol. The highest BCUT2D eigenvalue weighted by molar-refractivity contribution is 7.14. The van der Waals surface area contributed by atoms with Gasteiger partial charge in [-0.15, -0.1) is 11.3 Å². The van der Waals surface area contributed by atoms with E-state index in [0.717, 1.165) is 18.4 Å². The number of thiophene rings is 1. The Kier molecular flexibility index (Phi) is 5.71. The van der Waals surface area contributed by atoms with Crippen LogP contribution in [0.1, 0.15) is 51.9 Å². The fourth-order valence-corrected chi connectivity index (χ4v) is 4.03. The molecule has 6 heteroatoms. The first-order valence-electron chi connectivity index (χ1n) is 8.58. The van der Waals surface area contributed by atoms with Gasteiger partial charge in [0.05, 0.1) is 17.7 Å². The number of benzene rings is 1. The number of phenolic OH excluding ortho intramolecular Hbond substituents is 1. The van der Waals surface area contributed by atoms with Gasteiger partial charge in [0.15, 0.2) is 11.5 Å². The summed E-state index contributed by atoms with van der Waals surface area (Å²) < 4.78 is 5.33. The van der Waals surface area contributed by atoms with E-state index < -0.39 is 0 Å². The number of hydrazone groups is 1. The SMILES string of the molecule is CCOc1cc(/C=N/NC(=O)c2cc3c(s2)CCCCC3)ccc1O. The predicted octanol–water partition coefficient (Wildman–Crippen LogP) is 3.89. The molecule has 0 radical (unpaired) electrons. The predicted molar refractivity (Wildman–Crippen MR) is 99.9 cm³/mol. The third-order valence-corrected chi connectivity index (χ3v) is 5.37. The fourth-order valence-electron chi connectivity index (χ4n) is 2.88. The van der Waals surface area contributed by atoms with E-state index in [1.165, 1.54) is 29.7 Å². The van der Waals surface area contributed by atoms with E-state index >= 15 is 0 Å². The Morgan fingerprint density at radius 2 is 2.16 bits per heavy atom. The second kappa shape index (κ2) is 8.16. The monoisotopic (exact) mass is 358 g/mol. The molecule has 0 spiro atoms. The van der Waals surface area contributed by atoms with Crippen LogP contribution in [0.2, 0.25) is 0 Å². The Labute approximate surface area is 151 Å². The molecule has 1 aromatic heterocycles. The van der Waals surface area contributed by atoms with Crippen LogP contribution < -0.4 is 10.2 Å². The maximum Gasteiger partial charge on any atom is 0.281 e. The minimum absolute atomic E-state index is 0.0862. The molecule has 132 valence electrons. The normalized spacial score (nSPS) is 14.1. The topological polar surface area (TPSA) is 70.9 Å². The van der Waals surface area contributed by atoms with E-state index in [1.807, 2.05) is 13.0 Å². The summed E-state index contributed by atoms with van der Waals surface area (Å²) >= 11 is 1.58. The van der Waals surface area contributed by atoms with Crippen molar-refractivity contribution in [3.8, 4) is 11.5 Å². The zero-order valence-electron chi connectivity index (χ0n) is 14.2. The lowest BCUT2D eigenvalue weighted by Crippen LogP contribution is -2.16. The number of aromatic hydroxyl groups is 1. The van der Waals surface area contributed by atoms with E-state index in [2.05, 4.69) is 10.5 Å². The van der Waals surface area contributed by atoms with Crippen molar-refractivity contribution < 1.29 is 14.6 Å². The van der Waals surface area contributed by atoms with Crippen LogP contribution in [0, 0.1) is 0 Å². The molecule has 0 atom stereocenters. The quantitative estimate of drug-likeness (QED) is 0.484. The first kappa shape index (κ1) is 17.5. The molecule has 5 nitrogen and oxygen atoms in total. The third kappa shape index (κ3) is 4.39. The highest BCUT2D eigenvalue weighted by Crippen LogP contribution is 2.29. The number of amides is 1. The van der Waals surface area contributed by atoms with Crippen molar-refractivity contribution in [1.82, 2.24) is 5.43 Å². The summed E-state index contributed by atoms with van der Waals surface area (Å²) in [5.41, 5.74) is 4.63. The van der Waals surface area contributed by atoms with Gasteiger partial charge in [-0.2, -0.15) is 5.10 Å². The Morgan fingerprint density at radius 1 is 1.32 bits per heavy atom. The number of hydrogen-bond acceptors (Lipinski definition) is 5. The van der Waals surface area contributed by atoms with Crippen LogP contribution in [0.3, 0.4) is 0 Å². The van der Waals surface area contributed by atoms with Gasteiger partial charge in [-0.1, -0.05) is 6.42 Å². The lowest BCUT2D eigenvalue weighted by molar-refractivity contribution is 0.0959. The summed E-state index contributed by atoms with van der Waals surface area (Å²) in [5, 5.41) is 13.7. The van der Waals surface area contributed by atoms with Gasteiger partial charge in [-0.3, -0.25) is 4.79 Å². The fraction of sp³-hybridized carbons (Fsp3) is 0.368. The highest BCUT2D eigenvalue weighted by Gasteiger charge is 2.16. The van der Waals surface area contributed by atoms with Gasteiger partial charge in [-0.05, 0) is 68.0 Å². The maximum absolute atomic E-state index is 12.3. The van der Waals surface area contributed by atoms with Gasteiger partial charge in [-0.25, -0.2) is 5.43 Å². The van der Waals surface area contributed by atoms with Crippen molar-refractivity contribution in [2.24, 2.45) is 5.10 Å². The molecular weight excluding hydrogens is 336 g/mol. The van der Waals surface area contributed by atoms with E-state index in [-0.39, 0.29) is 11.7 Å². The van der Waals surface area contributed by atoms with Gasteiger partial charge in [0.1, 0.15) is 0 Å². The summed E-state index contributed by atoms with van der Waals surface area (Å²) in [6, 6.07) is 6.94. The summed E-state index contributed by atoms with van der Waals surface area (Å²) in [6.07, 6.45) is 7.35. The molecular formula is C19H22N2O3S. The number of hydrogen-bond donors (Lipinski definition) is 2. The first-order valence-corrected chi connectivity index (χ1v) is 9.40. The van der Waals surface area contributed by atoms with Crippen molar-refractivity contribution in [3.05, 3.63) is 45.1 Å². The Hall–Kier alpha value is -2.34. The molecule has 1 aliphatic rings. The van der Waals surface area contributed by atoms with E-state index in [1.54, 1.807) is 35.8 Å². The average Bonchev–Trinajstić information content (AvgIpc) is 2.89. The van der Waals surface area contributed by atoms with Crippen LogP contribution in [0.5, 0.6) is 11.5 Å². The van der Waals surface area contributed by atoms with Gasteiger partial charge in [0.2, 0.25) is 0 Å². The molecule has 1 heterocycles. The molecule has 1 amide bonds. The number of fused-ring (bicyclic) bond motifs is 1. The maximum atomic E-state index is 12.3. The zero-order chi connectivity index (χ0) is 17.6. The molecule has 0 aliphatic heterocycles. The Morgan fingerprint density at radius 3 is 3.00 bits per heavy atom. The minimum atomic E-state index is -0.182. The molecule has 0 bridgehead atoms. The van der Waals surface area contributed by atoms with Gasteiger partial charge < -0.3 is 9.84 Å². The van der Waals surface area contributed by atoms with Crippen LogP contribution in [-0.2, 0) is 12.8 Å². The largest absolute Gasteiger partial charge is 0.504 e. The Balaban J connectivity index is 1.64. The standard InChI is InChI=1S/C19H22N2O3S/c1-2-24-16-10-13(8-9-15(16)22)12-20-21-19(23)18-11-14-6-4-3-5-7-17(14)25-18/h8-12,22H,2-7H2,1H3,(H,21,23)/b20-12+. The smallest absolute Gasteiger partial charge is 0.281 e. The second-order valence-corrected chi connectivity index (χ2v) is 7.12. The van der Waals surface area contributed by atoms with Crippen LogP contribution in [-0.4, -0.2) is 23.8 Å². The summed E-state index contributed by atoms with van der Waals surface area (Å²) in [5.74, 6) is 0.307. The highest BCUT2D eigenvalue weighted by atomic mass is 32.1. The number of carbonyl (C=O) groups excluding carboxylic acids is 1. The molecule has 1 aliphatic carbocycles. The number of rotatable bonds is 5. The number of ether oxygens (including phenoxy) is 1. The molecule has 0 fully saturated rings. The molecule has 0 saturated heterocycles. The summed E-state index contributed by atoms with van der Waals surface area (Å²) in [7, 11) is 0. The lowest BCUT2D eigenvalue weighted by Gasteiger charge is -2.05. The van der Waals surface area contributed by atoms with Gasteiger partial charge in [0.25, 0.3) is 5.91 Å². The van der Waals surface area contributed by atoms with E-state index in [9.17, 15) is 9.90 Å².